The van der Waals surface area contributed by atoms with Gasteiger partial charge < -0.3 is 0 Å². The lowest BCUT2D eigenvalue weighted by Gasteiger charge is -2.08. The van der Waals surface area contributed by atoms with E-state index >= 15 is 0 Å². The molecule has 26 heavy (non-hydrogen) atoms. The van der Waals surface area contributed by atoms with Gasteiger partial charge >= 0.3 is 5.76 Å². The summed E-state index contributed by atoms with van der Waals surface area (Å²) in [6.45, 7) is 0. The van der Waals surface area contributed by atoms with Crippen LogP contribution in [-0.2, 0) is 9.84 Å². The molecule has 0 radical (unpaired) electrons. The Morgan fingerprint density at radius 2 is 1.88 bits per heavy atom. The van der Waals surface area contributed by atoms with E-state index in [0.717, 1.165) is 23.5 Å². The van der Waals surface area contributed by atoms with Gasteiger partial charge in [-0.05, 0) is 60.3 Å². The van der Waals surface area contributed by atoms with Crippen molar-refractivity contribution in [1.82, 2.24) is 14.8 Å². The van der Waals surface area contributed by atoms with Crippen LogP contribution in [0.15, 0.2) is 56.7 Å². The van der Waals surface area contributed by atoms with Gasteiger partial charge in [0.1, 0.15) is 0 Å². The lowest BCUT2D eigenvalue weighted by molar-refractivity contribution is 0.234. The molecule has 1 aliphatic carbocycles. The Bertz CT molecular complexity index is 1010. The predicted molar refractivity (Wildman–Crippen MR) is 95.4 cm³/mol. The van der Waals surface area contributed by atoms with Gasteiger partial charge in [0.05, 0.1) is 9.77 Å². The van der Waals surface area contributed by atoms with Crippen molar-refractivity contribution in [3.8, 4) is 10.7 Å². The second-order valence-electron chi connectivity index (χ2n) is 5.76. The van der Waals surface area contributed by atoms with Crippen molar-refractivity contribution in [3.05, 3.63) is 41.8 Å². The molecule has 2 heterocycles. The van der Waals surface area contributed by atoms with Crippen LogP contribution >= 0.6 is 23.1 Å². The number of halogens is 2. The van der Waals surface area contributed by atoms with Crippen LogP contribution in [-0.4, -0.2) is 28.9 Å². The molecular formula is C16H13F2N3O2S3. The number of aromatic nitrogens is 3. The van der Waals surface area contributed by atoms with Crippen molar-refractivity contribution in [3.63, 3.8) is 0 Å². The molecule has 2 aromatic heterocycles. The zero-order valence-electron chi connectivity index (χ0n) is 13.2. The molecule has 0 spiro atoms. The average molecular weight is 413 g/mol. The topological polar surface area (TPSA) is 64.8 Å². The molecule has 0 amide bonds. The highest BCUT2D eigenvalue weighted by molar-refractivity contribution is 7.99. The molecule has 0 N–H and O–H groups in total. The van der Waals surface area contributed by atoms with Crippen molar-refractivity contribution in [2.24, 2.45) is 0 Å². The number of thiophene rings is 1. The smallest absolute Gasteiger partial charge is 0.298 e. The maximum atomic E-state index is 12.6. The van der Waals surface area contributed by atoms with Gasteiger partial charge in [-0.1, -0.05) is 6.07 Å². The van der Waals surface area contributed by atoms with Crippen LogP contribution in [0.2, 0.25) is 0 Å². The van der Waals surface area contributed by atoms with Crippen LogP contribution < -0.4 is 0 Å². The largest absolute Gasteiger partial charge is 0.341 e. The SMILES string of the molecule is O=S(=O)(c1ccc(Sc2nnc(-c3cccs3)n2C2CC2)cc1)C(F)F. The molecular weight excluding hydrogens is 400 g/mol. The second kappa shape index (κ2) is 6.75. The highest BCUT2D eigenvalue weighted by atomic mass is 32.2. The molecule has 4 rings (SSSR count). The summed E-state index contributed by atoms with van der Waals surface area (Å²) in [6, 6.07) is 9.73. The minimum Gasteiger partial charge on any atom is -0.298 e. The predicted octanol–water partition coefficient (Wildman–Crippen LogP) is 4.49. The Kier molecular flexibility index (Phi) is 4.57. The normalized spacial score (nSPS) is 14.9. The molecule has 1 saturated carbocycles. The van der Waals surface area contributed by atoms with Crippen LogP contribution in [0.1, 0.15) is 18.9 Å². The van der Waals surface area contributed by atoms with Crippen LogP contribution in [0.4, 0.5) is 8.78 Å². The van der Waals surface area contributed by atoms with Gasteiger partial charge in [-0.25, -0.2) is 8.42 Å². The first kappa shape index (κ1) is 17.6. The number of rotatable bonds is 6. The zero-order chi connectivity index (χ0) is 18.3. The Hall–Kier alpha value is -1.78. The summed E-state index contributed by atoms with van der Waals surface area (Å²) < 4.78 is 50.3. The van der Waals surface area contributed by atoms with Crippen molar-refractivity contribution in [1.29, 1.82) is 0 Å². The number of alkyl halides is 2. The van der Waals surface area contributed by atoms with Gasteiger partial charge in [0, 0.05) is 10.9 Å². The molecule has 0 unspecified atom stereocenters. The first-order chi connectivity index (χ1) is 12.5. The fraction of sp³-hybridized carbons (Fsp3) is 0.250. The molecule has 0 atom stereocenters. The summed E-state index contributed by atoms with van der Waals surface area (Å²) in [5.74, 6) is -2.60. The van der Waals surface area contributed by atoms with Crippen LogP contribution in [0.3, 0.4) is 0 Å². The third-order valence-corrected chi connectivity index (χ3v) is 7.15. The Morgan fingerprint density at radius 3 is 2.46 bits per heavy atom. The molecule has 0 bridgehead atoms. The van der Waals surface area contributed by atoms with Gasteiger partial charge in [-0.3, -0.25) is 4.57 Å². The van der Waals surface area contributed by atoms with Crippen molar-refractivity contribution in [2.45, 2.75) is 39.6 Å². The van der Waals surface area contributed by atoms with E-state index in [1.54, 1.807) is 11.3 Å². The third-order valence-electron chi connectivity index (χ3n) is 3.91. The summed E-state index contributed by atoms with van der Waals surface area (Å²) in [5, 5.41) is 11.3. The fourth-order valence-corrected chi connectivity index (χ4v) is 4.81. The molecule has 0 aliphatic heterocycles. The number of hydrogen-bond donors (Lipinski definition) is 0. The summed E-state index contributed by atoms with van der Waals surface area (Å²) in [5.41, 5.74) is 0. The molecule has 136 valence electrons. The summed E-state index contributed by atoms with van der Waals surface area (Å²) in [4.78, 5) is 1.36. The van der Waals surface area contributed by atoms with E-state index in [0.29, 0.717) is 16.1 Å². The van der Waals surface area contributed by atoms with Gasteiger partial charge in [0.25, 0.3) is 0 Å². The molecule has 10 heteroatoms. The quantitative estimate of drug-likeness (QED) is 0.596. The zero-order valence-corrected chi connectivity index (χ0v) is 15.7. The monoisotopic (exact) mass is 413 g/mol. The van der Waals surface area contributed by atoms with Gasteiger partial charge in [0.15, 0.2) is 11.0 Å². The van der Waals surface area contributed by atoms with Gasteiger partial charge in [-0.2, -0.15) is 8.78 Å². The van der Waals surface area contributed by atoms with Crippen LogP contribution in [0, 0.1) is 0 Å². The van der Waals surface area contributed by atoms with E-state index in [9.17, 15) is 17.2 Å². The Balaban J connectivity index is 1.62. The Labute approximate surface area is 157 Å². The van der Waals surface area contributed by atoms with Crippen LogP contribution in [0.25, 0.3) is 10.7 Å². The highest BCUT2D eigenvalue weighted by Crippen LogP contribution is 2.43. The lowest BCUT2D eigenvalue weighted by atomic mass is 10.4. The molecule has 3 aromatic rings. The van der Waals surface area contributed by atoms with Gasteiger partial charge in [0.2, 0.25) is 9.84 Å². The molecule has 1 fully saturated rings. The van der Waals surface area contributed by atoms with Crippen molar-refractivity contribution >= 4 is 32.9 Å². The van der Waals surface area contributed by atoms with Crippen molar-refractivity contribution in [2.75, 3.05) is 0 Å². The molecule has 1 aliphatic rings. The third kappa shape index (κ3) is 3.28. The number of hydrogen-bond acceptors (Lipinski definition) is 6. The van der Waals surface area contributed by atoms with Crippen LogP contribution in [0.5, 0.6) is 0 Å². The maximum Gasteiger partial charge on any atom is 0.341 e. The van der Waals surface area contributed by atoms with E-state index in [2.05, 4.69) is 14.8 Å². The minimum absolute atomic E-state index is 0.364. The van der Waals surface area contributed by atoms with E-state index in [4.69, 9.17) is 0 Å². The standard InChI is InChI=1S/C16H13F2N3O2S3/c17-15(18)26(22,23)12-7-5-11(6-8-12)25-16-20-19-14(13-2-1-9-24-13)21(16)10-3-4-10/h1-2,5-10,15H,3-4H2. The summed E-state index contributed by atoms with van der Waals surface area (Å²) in [7, 11) is -4.58. The minimum atomic E-state index is -4.58. The van der Waals surface area contributed by atoms with E-state index in [-0.39, 0.29) is 4.90 Å². The van der Waals surface area contributed by atoms with E-state index in [1.165, 1.54) is 36.0 Å². The Morgan fingerprint density at radius 1 is 1.15 bits per heavy atom. The fourth-order valence-electron chi connectivity index (χ4n) is 2.49. The van der Waals surface area contributed by atoms with E-state index in [1.807, 2.05) is 17.5 Å². The number of sulfone groups is 1. The molecule has 0 saturated heterocycles. The first-order valence-electron chi connectivity index (χ1n) is 7.75. The second-order valence-corrected chi connectivity index (χ2v) is 9.67. The van der Waals surface area contributed by atoms with Crippen molar-refractivity contribution < 1.29 is 17.2 Å². The molecule has 5 nitrogen and oxygen atoms in total. The summed E-state index contributed by atoms with van der Waals surface area (Å²) in [6.07, 6.45) is 2.13. The summed E-state index contributed by atoms with van der Waals surface area (Å²) >= 11 is 2.93. The van der Waals surface area contributed by atoms with Gasteiger partial charge in [-0.15, -0.1) is 21.5 Å². The number of benzene rings is 1. The average Bonchev–Trinajstić information content (AvgIpc) is 3.15. The maximum absolute atomic E-state index is 12.6. The molecule has 1 aromatic carbocycles. The number of nitrogens with zero attached hydrogens (tertiary/aromatic N) is 3. The van der Waals surface area contributed by atoms with E-state index < -0.39 is 15.6 Å². The lowest BCUT2D eigenvalue weighted by Crippen LogP contribution is -2.11. The highest BCUT2D eigenvalue weighted by Gasteiger charge is 2.31. The first-order valence-corrected chi connectivity index (χ1v) is 11.0.